The molecule has 0 fully saturated rings. The van der Waals surface area contributed by atoms with Crippen LogP contribution in [-0.2, 0) is 17.6 Å². The first-order valence-corrected chi connectivity index (χ1v) is 8.15. The summed E-state index contributed by atoms with van der Waals surface area (Å²) in [7, 11) is 0. The summed E-state index contributed by atoms with van der Waals surface area (Å²) in [5, 5.41) is 3.31. The quantitative estimate of drug-likeness (QED) is 0.618. The lowest BCUT2D eigenvalue weighted by Crippen LogP contribution is -2.31. The molecule has 128 valence electrons. The van der Waals surface area contributed by atoms with Crippen LogP contribution in [-0.4, -0.2) is 19.0 Å². The van der Waals surface area contributed by atoms with Crippen molar-refractivity contribution < 1.29 is 9.18 Å². The molecule has 0 bridgehead atoms. The maximum atomic E-state index is 13.5. The summed E-state index contributed by atoms with van der Waals surface area (Å²) in [4.78, 5) is 11.2. The van der Waals surface area contributed by atoms with E-state index in [0.29, 0.717) is 12.8 Å². The van der Waals surface area contributed by atoms with Gasteiger partial charge >= 0.3 is 0 Å². The SMILES string of the molecule is NCC(Cc1ccc(NCCCc2ccccc2F)cc1)C(N)=O. The number of hydrogen-bond donors (Lipinski definition) is 3. The van der Waals surface area contributed by atoms with Crippen LogP contribution in [0.25, 0.3) is 0 Å². The highest BCUT2D eigenvalue weighted by Crippen LogP contribution is 2.14. The number of rotatable bonds is 9. The lowest BCUT2D eigenvalue weighted by Gasteiger charge is -2.12. The van der Waals surface area contributed by atoms with Gasteiger partial charge in [-0.05, 0) is 48.6 Å². The third kappa shape index (κ3) is 5.35. The number of hydrogen-bond acceptors (Lipinski definition) is 3. The van der Waals surface area contributed by atoms with Crippen molar-refractivity contribution in [2.24, 2.45) is 17.4 Å². The highest BCUT2D eigenvalue weighted by Gasteiger charge is 2.13. The molecule has 5 heteroatoms. The number of anilines is 1. The second kappa shape index (κ2) is 9.03. The van der Waals surface area contributed by atoms with Gasteiger partial charge in [-0.1, -0.05) is 30.3 Å². The zero-order valence-electron chi connectivity index (χ0n) is 13.7. The van der Waals surface area contributed by atoms with Crippen LogP contribution >= 0.6 is 0 Å². The highest BCUT2D eigenvalue weighted by atomic mass is 19.1. The number of aryl methyl sites for hydroxylation is 1. The largest absolute Gasteiger partial charge is 0.385 e. The van der Waals surface area contributed by atoms with Gasteiger partial charge in [0.05, 0.1) is 5.92 Å². The Morgan fingerprint density at radius 2 is 1.83 bits per heavy atom. The first-order chi connectivity index (χ1) is 11.6. The van der Waals surface area contributed by atoms with Gasteiger partial charge < -0.3 is 16.8 Å². The van der Waals surface area contributed by atoms with Gasteiger partial charge in [0.2, 0.25) is 5.91 Å². The minimum atomic E-state index is -0.368. The van der Waals surface area contributed by atoms with Crippen LogP contribution in [0.4, 0.5) is 10.1 Å². The molecule has 0 aliphatic rings. The Balaban J connectivity index is 1.77. The molecule has 4 nitrogen and oxygen atoms in total. The standard InChI is InChI=1S/C19H24FN3O/c20-18-6-2-1-4-15(18)5-3-11-23-17-9-7-14(8-10-17)12-16(13-21)19(22)24/h1-2,4,6-10,16,23H,3,5,11-13,21H2,(H2,22,24). The molecular formula is C19H24FN3O. The fourth-order valence-electron chi connectivity index (χ4n) is 2.56. The Hall–Kier alpha value is -2.40. The van der Waals surface area contributed by atoms with Crippen LogP contribution in [0.5, 0.6) is 0 Å². The molecule has 2 aromatic rings. The minimum absolute atomic E-state index is 0.147. The van der Waals surface area contributed by atoms with E-state index >= 15 is 0 Å². The average Bonchev–Trinajstić information content (AvgIpc) is 2.59. The predicted molar refractivity (Wildman–Crippen MR) is 95.1 cm³/mol. The van der Waals surface area contributed by atoms with E-state index in [1.165, 1.54) is 6.07 Å². The van der Waals surface area contributed by atoms with Crippen molar-refractivity contribution in [3.8, 4) is 0 Å². The van der Waals surface area contributed by atoms with E-state index in [1.54, 1.807) is 6.07 Å². The van der Waals surface area contributed by atoms with Crippen LogP contribution in [0.2, 0.25) is 0 Å². The maximum Gasteiger partial charge on any atom is 0.222 e. The molecule has 24 heavy (non-hydrogen) atoms. The Labute approximate surface area is 142 Å². The topological polar surface area (TPSA) is 81.1 Å². The van der Waals surface area contributed by atoms with Crippen LogP contribution in [0.3, 0.4) is 0 Å². The fourth-order valence-corrected chi connectivity index (χ4v) is 2.56. The molecule has 1 amide bonds. The molecule has 2 aromatic carbocycles. The van der Waals surface area contributed by atoms with Gasteiger partial charge in [0.15, 0.2) is 0 Å². The molecule has 5 N–H and O–H groups in total. The zero-order valence-corrected chi connectivity index (χ0v) is 13.7. The molecule has 0 saturated carbocycles. The number of amides is 1. The Morgan fingerprint density at radius 1 is 1.12 bits per heavy atom. The molecule has 0 aromatic heterocycles. The third-order valence-corrected chi connectivity index (χ3v) is 4.03. The van der Waals surface area contributed by atoms with Gasteiger partial charge in [-0.25, -0.2) is 4.39 Å². The van der Waals surface area contributed by atoms with E-state index in [9.17, 15) is 9.18 Å². The lowest BCUT2D eigenvalue weighted by molar-refractivity contribution is -0.121. The van der Waals surface area contributed by atoms with E-state index in [1.807, 2.05) is 36.4 Å². The molecular weight excluding hydrogens is 305 g/mol. The average molecular weight is 329 g/mol. The number of nitrogens with two attached hydrogens (primary N) is 2. The van der Waals surface area contributed by atoms with E-state index in [-0.39, 0.29) is 24.2 Å². The number of nitrogens with one attached hydrogen (secondary N) is 1. The van der Waals surface area contributed by atoms with Gasteiger partial charge in [0, 0.05) is 18.8 Å². The molecule has 1 unspecified atom stereocenters. The van der Waals surface area contributed by atoms with Gasteiger partial charge in [0.1, 0.15) is 5.82 Å². The predicted octanol–water partition coefficient (Wildman–Crippen LogP) is 2.47. The fraction of sp³-hybridized carbons (Fsp3) is 0.316. The molecule has 0 aliphatic carbocycles. The summed E-state index contributed by atoms with van der Waals surface area (Å²) in [5.74, 6) is -0.844. The smallest absolute Gasteiger partial charge is 0.222 e. The van der Waals surface area contributed by atoms with Crippen molar-refractivity contribution >= 4 is 11.6 Å². The van der Waals surface area contributed by atoms with Crippen LogP contribution < -0.4 is 16.8 Å². The lowest BCUT2D eigenvalue weighted by atomic mass is 9.99. The van der Waals surface area contributed by atoms with Crippen molar-refractivity contribution in [2.75, 3.05) is 18.4 Å². The molecule has 0 saturated heterocycles. The van der Waals surface area contributed by atoms with Crippen molar-refractivity contribution in [3.63, 3.8) is 0 Å². The zero-order chi connectivity index (χ0) is 17.4. The van der Waals surface area contributed by atoms with Crippen LogP contribution in [0.1, 0.15) is 17.5 Å². The Bertz CT molecular complexity index is 658. The van der Waals surface area contributed by atoms with E-state index in [2.05, 4.69) is 5.32 Å². The molecule has 0 heterocycles. The molecule has 0 radical (unpaired) electrons. The maximum absolute atomic E-state index is 13.5. The number of halogens is 1. The first kappa shape index (κ1) is 17.9. The molecule has 2 rings (SSSR count). The number of carbonyl (C=O) groups is 1. The van der Waals surface area contributed by atoms with Crippen molar-refractivity contribution in [1.82, 2.24) is 0 Å². The summed E-state index contributed by atoms with van der Waals surface area (Å²) in [6, 6.07) is 14.7. The summed E-state index contributed by atoms with van der Waals surface area (Å²) in [6.45, 7) is 1.02. The summed E-state index contributed by atoms with van der Waals surface area (Å²) in [6.07, 6.45) is 2.10. The summed E-state index contributed by atoms with van der Waals surface area (Å²) in [5.41, 5.74) is 13.6. The summed E-state index contributed by atoms with van der Waals surface area (Å²) < 4.78 is 13.5. The van der Waals surface area contributed by atoms with Gasteiger partial charge in [-0.15, -0.1) is 0 Å². The van der Waals surface area contributed by atoms with Gasteiger partial charge in [-0.2, -0.15) is 0 Å². The van der Waals surface area contributed by atoms with E-state index in [0.717, 1.165) is 29.8 Å². The number of benzene rings is 2. The Morgan fingerprint density at radius 3 is 2.46 bits per heavy atom. The third-order valence-electron chi connectivity index (χ3n) is 4.03. The van der Waals surface area contributed by atoms with Gasteiger partial charge in [-0.3, -0.25) is 4.79 Å². The molecule has 0 spiro atoms. The van der Waals surface area contributed by atoms with Gasteiger partial charge in [0.25, 0.3) is 0 Å². The Kier molecular flexibility index (Phi) is 6.75. The summed E-state index contributed by atoms with van der Waals surface area (Å²) >= 11 is 0. The number of primary amides is 1. The highest BCUT2D eigenvalue weighted by molar-refractivity contribution is 5.77. The normalized spacial score (nSPS) is 11.9. The van der Waals surface area contributed by atoms with Crippen molar-refractivity contribution in [1.29, 1.82) is 0 Å². The molecule has 1 atom stereocenters. The monoisotopic (exact) mass is 329 g/mol. The second-order valence-electron chi connectivity index (χ2n) is 5.86. The van der Waals surface area contributed by atoms with E-state index in [4.69, 9.17) is 11.5 Å². The first-order valence-electron chi connectivity index (χ1n) is 8.15. The minimum Gasteiger partial charge on any atom is -0.385 e. The van der Waals surface area contributed by atoms with Crippen molar-refractivity contribution in [2.45, 2.75) is 19.3 Å². The number of carbonyl (C=O) groups excluding carboxylic acids is 1. The van der Waals surface area contributed by atoms with Crippen LogP contribution in [0, 0.1) is 11.7 Å². The molecule has 0 aliphatic heterocycles. The van der Waals surface area contributed by atoms with Crippen molar-refractivity contribution in [3.05, 3.63) is 65.5 Å². The van der Waals surface area contributed by atoms with E-state index < -0.39 is 0 Å². The van der Waals surface area contributed by atoms with Crippen LogP contribution in [0.15, 0.2) is 48.5 Å². The second-order valence-corrected chi connectivity index (χ2v) is 5.86.